The molecule has 0 aromatic heterocycles. The van der Waals surface area contributed by atoms with Gasteiger partial charge in [0.15, 0.2) is 0 Å². The van der Waals surface area contributed by atoms with Crippen LogP contribution in [-0.2, 0) is 4.79 Å². The molecule has 0 aliphatic heterocycles. The van der Waals surface area contributed by atoms with E-state index in [1.54, 1.807) is 6.92 Å². The van der Waals surface area contributed by atoms with Gasteiger partial charge in [-0.05, 0) is 62.2 Å². The molecule has 2 fully saturated rings. The van der Waals surface area contributed by atoms with Crippen LogP contribution in [0.4, 0.5) is 0 Å². The zero-order chi connectivity index (χ0) is 15.4. The van der Waals surface area contributed by atoms with E-state index in [2.05, 4.69) is 19.1 Å². The minimum Gasteiger partial charge on any atom is -0.550 e. The second-order valence-corrected chi connectivity index (χ2v) is 7.00. The van der Waals surface area contributed by atoms with Gasteiger partial charge in [0.05, 0.1) is 6.10 Å². The highest BCUT2D eigenvalue weighted by Crippen LogP contribution is 2.46. The van der Waals surface area contributed by atoms with Crippen molar-refractivity contribution in [3.63, 3.8) is 0 Å². The lowest BCUT2D eigenvalue weighted by Crippen LogP contribution is -2.38. The minimum atomic E-state index is -1.11. The van der Waals surface area contributed by atoms with Crippen molar-refractivity contribution in [2.45, 2.75) is 64.9 Å². The van der Waals surface area contributed by atoms with Gasteiger partial charge in [0, 0.05) is 11.9 Å². The molecule has 0 amide bonds. The summed E-state index contributed by atoms with van der Waals surface area (Å²) >= 11 is 0. The molecular weight excluding hydrogens is 264 g/mol. The van der Waals surface area contributed by atoms with Crippen LogP contribution in [0.2, 0.25) is 0 Å². The van der Waals surface area contributed by atoms with E-state index in [9.17, 15) is 15.0 Å². The maximum Gasteiger partial charge on any atom is 0.0623 e. The maximum atomic E-state index is 10.9. The number of hydrogen-bond donors (Lipinski definition) is 1. The first-order chi connectivity index (χ1) is 10.1. The molecule has 120 valence electrons. The molecule has 2 rings (SSSR count). The van der Waals surface area contributed by atoms with Gasteiger partial charge in [0.1, 0.15) is 0 Å². The third-order valence-electron chi connectivity index (χ3n) is 5.46. The van der Waals surface area contributed by atoms with Gasteiger partial charge in [-0.15, -0.1) is 0 Å². The van der Waals surface area contributed by atoms with Crippen LogP contribution < -0.4 is 5.11 Å². The molecule has 0 radical (unpaired) electrons. The van der Waals surface area contributed by atoms with Crippen molar-refractivity contribution in [3.8, 4) is 0 Å². The summed E-state index contributed by atoms with van der Waals surface area (Å²) in [5.41, 5.74) is 0. The summed E-state index contributed by atoms with van der Waals surface area (Å²) < 4.78 is 0. The van der Waals surface area contributed by atoms with E-state index in [1.165, 1.54) is 19.3 Å². The average Bonchev–Trinajstić information content (AvgIpc) is 3.32. The highest BCUT2D eigenvalue weighted by Gasteiger charge is 2.38. The topological polar surface area (TPSA) is 60.4 Å². The summed E-state index contributed by atoms with van der Waals surface area (Å²) in [6.07, 6.45) is 11.1. The third-order valence-corrected chi connectivity index (χ3v) is 5.46. The van der Waals surface area contributed by atoms with Crippen LogP contribution in [0.25, 0.3) is 0 Å². The molecule has 3 nitrogen and oxygen atoms in total. The molecule has 0 spiro atoms. The standard InChI is InChI=1S/C18H30O3/c1-3-12-9-13(12)7-5-6-8-14-10-15(14)11-17(19)16(4-2)18(20)21/h5-6,12-17,19H,3-4,7-11H2,1-2H3,(H,20,21)/p-1/b6-5-/t12?,13?,14?,15?,16-,17-/m1/s1. The minimum absolute atomic E-state index is 0.445. The van der Waals surface area contributed by atoms with Gasteiger partial charge in [0.25, 0.3) is 0 Å². The Balaban J connectivity index is 1.59. The summed E-state index contributed by atoms with van der Waals surface area (Å²) in [7, 11) is 0. The van der Waals surface area contributed by atoms with Gasteiger partial charge in [-0.25, -0.2) is 0 Å². The summed E-state index contributed by atoms with van der Waals surface area (Å²) in [4.78, 5) is 10.9. The summed E-state index contributed by atoms with van der Waals surface area (Å²) in [5, 5.41) is 20.9. The lowest BCUT2D eigenvalue weighted by molar-refractivity contribution is -0.314. The van der Waals surface area contributed by atoms with Gasteiger partial charge < -0.3 is 15.0 Å². The number of aliphatic hydroxyl groups excluding tert-OH is 1. The number of aliphatic carboxylic acids is 1. The highest BCUT2D eigenvalue weighted by molar-refractivity contribution is 5.68. The van der Waals surface area contributed by atoms with Crippen molar-refractivity contribution in [1.29, 1.82) is 0 Å². The molecule has 1 N–H and O–H groups in total. The van der Waals surface area contributed by atoms with E-state index in [4.69, 9.17) is 0 Å². The van der Waals surface area contributed by atoms with Crippen LogP contribution in [-0.4, -0.2) is 17.2 Å². The smallest absolute Gasteiger partial charge is 0.0623 e. The van der Waals surface area contributed by atoms with E-state index in [0.717, 1.165) is 24.7 Å². The molecule has 0 aromatic carbocycles. The average molecular weight is 293 g/mol. The van der Waals surface area contributed by atoms with Crippen LogP contribution >= 0.6 is 0 Å². The number of carbonyl (C=O) groups is 1. The lowest BCUT2D eigenvalue weighted by atomic mass is 9.94. The van der Waals surface area contributed by atoms with Crippen LogP contribution in [0.3, 0.4) is 0 Å². The second kappa shape index (κ2) is 7.44. The Labute approximate surface area is 128 Å². The first kappa shape index (κ1) is 16.5. The first-order valence-electron chi connectivity index (χ1n) is 8.60. The molecule has 2 aliphatic rings. The predicted octanol–water partition coefficient (Wildman–Crippen LogP) is 2.53. The van der Waals surface area contributed by atoms with E-state index in [1.807, 2.05) is 0 Å². The Morgan fingerprint density at radius 1 is 1.14 bits per heavy atom. The fourth-order valence-electron chi connectivity index (χ4n) is 3.60. The molecule has 0 bridgehead atoms. The van der Waals surface area contributed by atoms with Gasteiger partial charge in [0.2, 0.25) is 0 Å². The Kier molecular flexibility index (Phi) is 5.86. The molecule has 21 heavy (non-hydrogen) atoms. The number of carboxylic acid groups (broad SMARTS) is 1. The zero-order valence-corrected chi connectivity index (χ0v) is 13.3. The first-order valence-corrected chi connectivity index (χ1v) is 8.60. The summed E-state index contributed by atoms with van der Waals surface area (Å²) in [6.45, 7) is 4.06. The monoisotopic (exact) mass is 293 g/mol. The van der Waals surface area contributed by atoms with Crippen LogP contribution in [0.15, 0.2) is 12.2 Å². The Morgan fingerprint density at radius 3 is 2.19 bits per heavy atom. The molecule has 2 saturated carbocycles. The molecule has 0 aromatic rings. The predicted molar refractivity (Wildman–Crippen MR) is 81.3 cm³/mol. The van der Waals surface area contributed by atoms with Crippen LogP contribution in [0, 0.1) is 29.6 Å². The van der Waals surface area contributed by atoms with E-state index in [-0.39, 0.29) is 0 Å². The fourth-order valence-corrected chi connectivity index (χ4v) is 3.60. The van der Waals surface area contributed by atoms with Crippen molar-refractivity contribution >= 4 is 5.97 Å². The Morgan fingerprint density at radius 2 is 1.71 bits per heavy atom. The number of hydrogen-bond acceptors (Lipinski definition) is 3. The fraction of sp³-hybridized carbons (Fsp3) is 0.833. The molecule has 3 heteroatoms. The number of aliphatic hydroxyl groups is 1. The largest absolute Gasteiger partial charge is 0.550 e. The summed E-state index contributed by atoms with van der Waals surface area (Å²) in [6, 6.07) is 0. The highest BCUT2D eigenvalue weighted by atomic mass is 16.4. The molecule has 0 saturated heterocycles. The molecule has 4 unspecified atom stereocenters. The lowest BCUT2D eigenvalue weighted by Gasteiger charge is -2.22. The maximum absolute atomic E-state index is 10.9. The summed E-state index contributed by atoms with van der Waals surface area (Å²) in [5.74, 6) is 1.23. The number of carbonyl (C=O) groups excluding carboxylic acids is 1. The molecular formula is C18H29O3-. The SMILES string of the molecule is CCC1CC1C/C=C\CC1CC1C[C@@H](O)[C@@H](CC)C(=O)[O-]. The van der Waals surface area contributed by atoms with Crippen LogP contribution in [0.5, 0.6) is 0 Å². The van der Waals surface area contributed by atoms with Crippen LogP contribution in [0.1, 0.15) is 58.8 Å². The van der Waals surface area contributed by atoms with E-state index in [0.29, 0.717) is 24.7 Å². The molecule has 6 atom stereocenters. The van der Waals surface area contributed by atoms with Gasteiger partial charge in [-0.1, -0.05) is 32.4 Å². The zero-order valence-electron chi connectivity index (χ0n) is 13.3. The number of rotatable bonds is 10. The molecule has 2 aliphatic carbocycles. The quantitative estimate of drug-likeness (QED) is 0.630. The van der Waals surface area contributed by atoms with Crippen molar-refractivity contribution in [1.82, 2.24) is 0 Å². The van der Waals surface area contributed by atoms with Crippen molar-refractivity contribution < 1.29 is 15.0 Å². The second-order valence-electron chi connectivity index (χ2n) is 7.00. The van der Waals surface area contributed by atoms with Gasteiger partial charge in [-0.3, -0.25) is 0 Å². The van der Waals surface area contributed by atoms with Crippen molar-refractivity contribution in [2.75, 3.05) is 0 Å². The molecule has 0 heterocycles. The Hall–Kier alpha value is -0.830. The Bertz CT molecular complexity index is 377. The van der Waals surface area contributed by atoms with E-state index < -0.39 is 18.0 Å². The van der Waals surface area contributed by atoms with Gasteiger partial charge in [-0.2, -0.15) is 0 Å². The van der Waals surface area contributed by atoms with Crippen molar-refractivity contribution in [3.05, 3.63) is 12.2 Å². The number of allylic oxidation sites excluding steroid dienone is 2. The van der Waals surface area contributed by atoms with Crippen molar-refractivity contribution in [2.24, 2.45) is 29.6 Å². The number of carboxylic acids is 1. The third kappa shape index (κ3) is 4.84. The normalized spacial score (nSPS) is 33.9. The van der Waals surface area contributed by atoms with Gasteiger partial charge >= 0.3 is 0 Å². The van der Waals surface area contributed by atoms with E-state index >= 15 is 0 Å².